The molecule has 2 aliphatic heterocycles. The van der Waals surface area contributed by atoms with Gasteiger partial charge in [-0.2, -0.15) is 11.8 Å². The van der Waals surface area contributed by atoms with Crippen LogP contribution < -0.4 is 21.3 Å². The van der Waals surface area contributed by atoms with Gasteiger partial charge in [0.25, 0.3) is 5.91 Å². The normalized spacial score (nSPS) is 19.4. The summed E-state index contributed by atoms with van der Waals surface area (Å²) >= 11 is 3.53. The van der Waals surface area contributed by atoms with E-state index in [2.05, 4.69) is 26.3 Å². The molecule has 2 aromatic rings. The van der Waals surface area contributed by atoms with Crippen molar-refractivity contribution in [1.82, 2.24) is 26.3 Å². The van der Waals surface area contributed by atoms with Crippen molar-refractivity contribution in [3.8, 4) is 0 Å². The lowest BCUT2D eigenvalue weighted by atomic mass is 10.0. The molecule has 1 aromatic carbocycles. The molecule has 2 saturated heterocycles. The van der Waals surface area contributed by atoms with Gasteiger partial charge in [-0.25, -0.2) is 4.79 Å². The number of carbonyl (C=O) groups excluding carboxylic acids is 3. The molecule has 3 atom stereocenters. The number of carbonyl (C=O) groups is 3. The van der Waals surface area contributed by atoms with Gasteiger partial charge in [0.2, 0.25) is 5.91 Å². The zero-order valence-corrected chi connectivity index (χ0v) is 25.7. The van der Waals surface area contributed by atoms with Gasteiger partial charge in [0.05, 0.1) is 62.8 Å². The lowest BCUT2D eigenvalue weighted by molar-refractivity contribution is -0.121. The lowest BCUT2D eigenvalue weighted by Crippen LogP contribution is -2.36. The third kappa shape index (κ3) is 10.0. The van der Waals surface area contributed by atoms with Gasteiger partial charge >= 0.3 is 6.03 Å². The highest BCUT2D eigenvalue weighted by Gasteiger charge is 2.42. The first-order chi connectivity index (χ1) is 20.5. The number of pyridine rings is 1. The Morgan fingerprint density at radius 2 is 1.76 bits per heavy atom. The fourth-order valence-electron chi connectivity index (χ4n) is 4.93. The molecule has 0 aliphatic carbocycles. The number of unbranched alkanes of at least 4 members (excludes halogenated alkanes) is 1. The van der Waals surface area contributed by atoms with Crippen molar-refractivity contribution in [3.63, 3.8) is 0 Å². The number of aromatic nitrogens is 1. The second-order valence-corrected chi connectivity index (χ2v) is 12.2. The van der Waals surface area contributed by atoms with Crippen LogP contribution in [0, 0.1) is 0 Å². The molecule has 2 aliphatic rings. The molecular formula is C29H41N5O6S2. The van der Waals surface area contributed by atoms with Gasteiger partial charge in [-0.15, -0.1) is 11.8 Å². The predicted molar refractivity (Wildman–Crippen MR) is 165 cm³/mol. The fraction of sp³-hybridized carbons (Fsp3) is 0.586. The Kier molecular flexibility index (Phi) is 13.5. The number of ether oxygens (including phenoxy) is 3. The molecule has 230 valence electrons. The van der Waals surface area contributed by atoms with Crippen LogP contribution in [0.3, 0.4) is 0 Å². The largest absolute Gasteiger partial charge is 0.377 e. The summed E-state index contributed by atoms with van der Waals surface area (Å²) in [5.41, 5.74) is 1.42. The van der Waals surface area contributed by atoms with E-state index in [1.54, 1.807) is 18.0 Å². The third-order valence-electron chi connectivity index (χ3n) is 7.08. The van der Waals surface area contributed by atoms with E-state index in [0.29, 0.717) is 70.0 Å². The molecule has 11 nitrogen and oxygen atoms in total. The van der Waals surface area contributed by atoms with Gasteiger partial charge in [-0.1, -0.05) is 18.6 Å². The van der Waals surface area contributed by atoms with E-state index in [-0.39, 0.29) is 29.9 Å². The number of thioether (sulfide) groups is 2. The van der Waals surface area contributed by atoms with Crippen LogP contribution in [-0.4, -0.2) is 105 Å². The Morgan fingerprint density at radius 1 is 1.02 bits per heavy atom. The first kappa shape index (κ1) is 32.3. The Hall–Kier alpha value is -2.58. The van der Waals surface area contributed by atoms with Crippen molar-refractivity contribution >= 4 is 52.3 Å². The van der Waals surface area contributed by atoms with E-state index >= 15 is 0 Å². The van der Waals surface area contributed by atoms with Crippen molar-refractivity contribution in [2.45, 2.75) is 47.9 Å². The Morgan fingerprint density at radius 3 is 2.52 bits per heavy atom. The van der Waals surface area contributed by atoms with Crippen molar-refractivity contribution < 1.29 is 28.6 Å². The summed E-state index contributed by atoms with van der Waals surface area (Å²) in [6, 6.07) is 8.19. The van der Waals surface area contributed by atoms with Gasteiger partial charge in [0.15, 0.2) is 0 Å². The molecule has 0 unspecified atom stereocenters. The number of fused-ring (bicyclic) bond motifs is 2. The molecule has 42 heavy (non-hydrogen) atoms. The summed E-state index contributed by atoms with van der Waals surface area (Å²) in [7, 11) is 0. The maximum absolute atomic E-state index is 12.4. The second kappa shape index (κ2) is 17.5. The van der Waals surface area contributed by atoms with E-state index in [1.165, 1.54) is 0 Å². The predicted octanol–water partition coefficient (Wildman–Crippen LogP) is 2.58. The molecule has 4 amide bonds. The highest BCUT2D eigenvalue weighted by Crippen LogP contribution is 2.33. The van der Waals surface area contributed by atoms with E-state index < -0.39 is 0 Å². The quantitative estimate of drug-likeness (QED) is 0.106. The fourth-order valence-corrected chi connectivity index (χ4v) is 7.05. The minimum atomic E-state index is -0.178. The van der Waals surface area contributed by atoms with Crippen LogP contribution in [-0.2, 0) is 19.0 Å². The van der Waals surface area contributed by atoms with Gasteiger partial charge in [0.1, 0.15) is 0 Å². The smallest absolute Gasteiger partial charge is 0.315 e. The molecule has 0 spiro atoms. The number of urea groups is 1. The third-order valence-corrected chi connectivity index (χ3v) is 9.36. The molecular weight excluding hydrogens is 578 g/mol. The molecule has 13 heteroatoms. The van der Waals surface area contributed by atoms with Crippen LogP contribution in [0.15, 0.2) is 35.4 Å². The van der Waals surface area contributed by atoms with E-state index in [4.69, 9.17) is 14.2 Å². The standard InChI is InChI=1S/C29H41N5O6S2/c1-41-23-7-4-5-20-17-21(18-32-26(20)23)28(36)31-10-12-39-14-16-40-15-13-38-11-9-30-25(35)8-3-2-6-24-27-22(19-42-24)33-29(37)34-27/h4-5,7,17-18,22,24,27H,2-3,6,8-16,19H2,1H3,(H,30,35)(H,31,36)(H2,33,34,37)/t22-,24-,27-/m0/s1. The number of hydrogen-bond donors (Lipinski definition) is 4. The van der Waals surface area contributed by atoms with Crippen LogP contribution >= 0.6 is 23.5 Å². The minimum Gasteiger partial charge on any atom is -0.377 e. The van der Waals surface area contributed by atoms with Crippen molar-refractivity contribution in [1.29, 1.82) is 0 Å². The summed E-state index contributed by atoms with van der Waals surface area (Å²) in [6.07, 6.45) is 6.93. The second-order valence-electron chi connectivity index (χ2n) is 10.1. The van der Waals surface area contributed by atoms with Crippen molar-refractivity contribution in [3.05, 3.63) is 36.0 Å². The van der Waals surface area contributed by atoms with Gasteiger partial charge < -0.3 is 35.5 Å². The maximum atomic E-state index is 12.4. The Bertz CT molecular complexity index is 1190. The monoisotopic (exact) mass is 619 g/mol. The van der Waals surface area contributed by atoms with Crippen LogP contribution in [0.5, 0.6) is 0 Å². The summed E-state index contributed by atoms with van der Waals surface area (Å²) in [5.74, 6) is 0.817. The Labute approximate surface area is 255 Å². The molecule has 0 radical (unpaired) electrons. The van der Waals surface area contributed by atoms with Gasteiger partial charge in [-0.3, -0.25) is 14.6 Å². The first-order valence-electron chi connectivity index (χ1n) is 14.4. The highest BCUT2D eigenvalue weighted by atomic mass is 32.2. The van der Waals surface area contributed by atoms with Gasteiger partial charge in [0, 0.05) is 47.0 Å². The SMILES string of the molecule is CSc1cccc2cc(C(=O)NCCOCCOCCOCCNC(=O)CCCC[C@@H]3SC[C@@H]4NC(=O)N[C@@H]43)cnc12. The van der Waals surface area contributed by atoms with Crippen LogP contribution in [0.2, 0.25) is 0 Å². The zero-order chi connectivity index (χ0) is 29.6. The van der Waals surface area contributed by atoms with Crippen LogP contribution in [0.4, 0.5) is 4.79 Å². The van der Waals surface area contributed by atoms with E-state index in [9.17, 15) is 14.4 Å². The molecule has 0 bridgehead atoms. The average Bonchev–Trinajstić information content (AvgIpc) is 3.55. The van der Waals surface area contributed by atoms with Gasteiger partial charge in [-0.05, 0) is 31.2 Å². The summed E-state index contributed by atoms with van der Waals surface area (Å²) in [4.78, 5) is 41.4. The minimum absolute atomic E-state index is 0.0367. The number of nitrogens with zero attached hydrogens (tertiary/aromatic N) is 1. The topological polar surface area (TPSA) is 140 Å². The lowest BCUT2D eigenvalue weighted by Gasteiger charge is -2.16. The average molecular weight is 620 g/mol. The first-order valence-corrected chi connectivity index (χ1v) is 16.7. The molecule has 2 fully saturated rings. The number of rotatable bonds is 19. The molecule has 1 aromatic heterocycles. The molecule has 3 heterocycles. The van der Waals surface area contributed by atoms with Crippen LogP contribution in [0.25, 0.3) is 10.9 Å². The molecule has 0 saturated carbocycles. The summed E-state index contributed by atoms with van der Waals surface area (Å²) in [6.45, 7) is 3.44. The number of para-hydroxylation sites is 1. The molecule has 4 N–H and O–H groups in total. The summed E-state index contributed by atoms with van der Waals surface area (Å²) in [5, 5.41) is 13.1. The van der Waals surface area contributed by atoms with Crippen LogP contribution in [0.1, 0.15) is 36.0 Å². The number of benzene rings is 1. The Balaban J connectivity index is 0.911. The van der Waals surface area contributed by atoms with E-state index in [0.717, 1.165) is 40.8 Å². The van der Waals surface area contributed by atoms with E-state index in [1.807, 2.05) is 42.3 Å². The van der Waals surface area contributed by atoms with Crippen molar-refractivity contribution in [2.24, 2.45) is 0 Å². The molecule has 4 rings (SSSR count). The maximum Gasteiger partial charge on any atom is 0.315 e. The number of amides is 4. The summed E-state index contributed by atoms with van der Waals surface area (Å²) < 4.78 is 16.5. The zero-order valence-electron chi connectivity index (χ0n) is 24.0. The van der Waals surface area contributed by atoms with Crippen molar-refractivity contribution in [2.75, 3.05) is 64.7 Å². The number of hydrogen-bond acceptors (Lipinski definition) is 9. The number of nitrogens with one attached hydrogen (secondary N) is 4. The highest BCUT2D eigenvalue weighted by molar-refractivity contribution is 8.00.